The smallest absolute Gasteiger partial charge is 0.281 e. The van der Waals surface area contributed by atoms with Gasteiger partial charge in [-0.25, -0.2) is 15.4 Å². The van der Waals surface area contributed by atoms with Gasteiger partial charge in [0.1, 0.15) is 22.7 Å². The minimum atomic E-state index is -0.322. The molecule has 0 saturated heterocycles. The highest BCUT2D eigenvalue weighted by atomic mass is 32.1. The largest absolute Gasteiger partial charge is 0.463 e. The molecule has 0 aliphatic heterocycles. The zero-order valence-electron chi connectivity index (χ0n) is 11.0. The lowest BCUT2D eigenvalue weighted by Crippen LogP contribution is -2.17. The number of aromatic nitrogens is 2. The first kappa shape index (κ1) is 13.3. The number of nitrogens with two attached hydrogens (primary N) is 1. The summed E-state index contributed by atoms with van der Waals surface area (Å²) < 4.78 is 5.08. The van der Waals surface area contributed by atoms with Gasteiger partial charge < -0.3 is 10.2 Å². The van der Waals surface area contributed by atoms with Crippen molar-refractivity contribution in [3.05, 3.63) is 40.9 Å². The molecule has 0 aromatic carbocycles. The van der Waals surface area contributed by atoms with Gasteiger partial charge in [-0.1, -0.05) is 0 Å². The molecule has 0 radical (unpaired) electrons. The topological polar surface area (TPSA) is 106 Å². The van der Waals surface area contributed by atoms with Gasteiger partial charge in [0, 0.05) is 0 Å². The van der Waals surface area contributed by atoms with Gasteiger partial charge in [-0.15, -0.1) is 11.3 Å². The molecular weight excluding hydrogens is 290 g/mol. The van der Waals surface area contributed by atoms with Crippen molar-refractivity contribution in [3.8, 4) is 0 Å². The average Bonchev–Trinajstić information content (AvgIpc) is 3.08. The molecule has 0 spiro atoms. The summed E-state index contributed by atoms with van der Waals surface area (Å²) in [5.74, 6) is 0.600. The molecule has 21 heavy (non-hydrogen) atoms. The summed E-state index contributed by atoms with van der Waals surface area (Å²) >= 11 is 1.25. The van der Waals surface area contributed by atoms with E-state index in [4.69, 9.17) is 10.2 Å². The van der Waals surface area contributed by atoms with Crippen LogP contribution in [0.4, 0.5) is 5.82 Å². The van der Waals surface area contributed by atoms with Crippen molar-refractivity contribution in [3.63, 3.8) is 0 Å². The van der Waals surface area contributed by atoms with Crippen molar-refractivity contribution in [2.45, 2.75) is 6.92 Å². The fourth-order valence-electron chi connectivity index (χ4n) is 1.89. The molecule has 7 nitrogen and oxygen atoms in total. The number of rotatable bonds is 3. The predicted octanol–water partition coefficient (Wildman–Crippen LogP) is 1.94. The molecule has 3 N–H and O–H groups in total. The van der Waals surface area contributed by atoms with Gasteiger partial charge in [0.2, 0.25) is 0 Å². The Hall–Kier alpha value is -2.74. The van der Waals surface area contributed by atoms with E-state index in [2.05, 4.69) is 20.5 Å². The Bertz CT molecular complexity index is 823. The number of amides is 1. The number of nitrogens with zero attached hydrogens (tertiary/aromatic N) is 3. The Kier molecular flexibility index (Phi) is 3.36. The molecule has 0 bridgehead atoms. The SMILES string of the molecule is Cc1c(C(=O)N/N=C\c2ccco2)sc2ncnc(N)c12. The number of anilines is 1. The lowest BCUT2D eigenvalue weighted by atomic mass is 10.2. The normalized spacial score (nSPS) is 11.3. The van der Waals surface area contributed by atoms with Crippen LogP contribution in [0.15, 0.2) is 34.2 Å². The minimum Gasteiger partial charge on any atom is -0.463 e. The van der Waals surface area contributed by atoms with Crippen LogP contribution < -0.4 is 11.2 Å². The Morgan fingerprint density at radius 2 is 2.38 bits per heavy atom. The second-order valence-corrected chi connectivity index (χ2v) is 5.21. The Labute approximate surface area is 123 Å². The quantitative estimate of drug-likeness (QED) is 0.568. The van der Waals surface area contributed by atoms with Crippen LogP contribution in [0.3, 0.4) is 0 Å². The van der Waals surface area contributed by atoms with Gasteiger partial charge in [0.05, 0.1) is 22.7 Å². The van der Waals surface area contributed by atoms with Gasteiger partial charge in [-0.2, -0.15) is 5.10 Å². The van der Waals surface area contributed by atoms with E-state index in [1.807, 2.05) is 6.92 Å². The van der Waals surface area contributed by atoms with Crippen LogP contribution in [-0.2, 0) is 0 Å². The van der Waals surface area contributed by atoms with Crippen LogP contribution in [0.2, 0.25) is 0 Å². The zero-order chi connectivity index (χ0) is 14.8. The summed E-state index contributed by atoms with van der Waals surface area (Å²) in [5.41, 5.74) is 9.02. The molecule has 3 heterocycles. The van der Waals surface area contributed by atoms with E-state index in [-0.39, 0.29) is 5.91 Å². The number of hydrazone groups is 1. The lowest BCUT2D eigenvalue weighted by molar-refractivity contribution is 0.0958. The number of aryl methyl sites for hydroxylation is 1. The van der Waals surface area contributed by atoms with E-state index in [1.165, 1.54) is 30.1 Å². The number of hydrogen-bond acceptors (Lipinski definition) is 7. The first-order chi connectivity index (χ1) is 10.2. The van der Waals surface area contributed by atoms with Crippen molar-refractivity contribution in [1.82, 2.24) is 15.4 Å². The summed E-state index contributed by atoms with van der Waals surface area (Å²) in [6, 6.07) is 3.47. The van der Waals surface area contributed by atoms with Crippen LogP contribution in [0, 0.1) is 6.92 Å². The number of fused-ring (bicyclic) bond motifs is 1. The highest BCUT2D eigenvalue weighted by Crippen LogP contribution is 2.31. The molecule has 3 aromatic heterocycles. The molecule has 0 atom stereocenters. The van der Waals surface area contributed by atoms with Gasteiger partial charge in [-0.3, -0.25) is 4.79 Å². The second kappa shape index (κ2) is 5.33. The molecule has 0 aliphatic rings. The molecule has 1 amide bonds. The van der Waals surface area contributed by atoms with Crippen molar-refractivity contribution >= 4 is 39.5 Å². The van der Waals surface area contributed by atoms with Crippen molar-refractivity contribution in [1.29, 1.82) is 0 Å². The van der Waals surface area contributed by atoms with Crippen LogP contribution in [0.5, 0.6) is 0 Å². The lowest BCUT2D eigenvalue weighted by Gasteiger charge is -1.98. The van der Waals surface area contributed by atoms with Gasteiger partial charge in [-0.05, 0) is 24.6 Å². The molecule has 8 heteroatoms. The number of carbonyl (C=O) groups excluding carboxylic acids is 1. The fraction of sp³-hybridized carbons (Fsp3) is 0.0769. The number of thiophene rings is 1. The summed E-state index contributed by atoms with van der Waals surface area (Å²) in [4.78, 5) is 21.4. The Balaban J connectivity index is 1.85. The number of carbonyl (C=O) groups is 1. The summed E-state index contributed by atoms with van der Waals surface area (Å²) in [6.07, 6.45) is 4.33. The maximum Gasteiger partial charge on any atom is 0.281 e. The monoisotopic (exact) mass is 301 g/mol. The number of nitrogen functional groups attached to an aromatic ring is 1. The van der Waals surface area contributed by atoms with E-state index < -0.39 is 0 Å². The molecule has 0 unspecified atom stereocenters. The molecule has 3 aromatic rings. The van der Waals surface area contributed by atoms with Gasteiger partial charge in [0.25, 0.3) is 5.91 Å². The third-order valence-corrected chi connectivity index (χ3v) is 4.06. The average molecular weight is 301 g/mol. The van der Waals surface area contributed by atoms with E-state index in [1.54, 1.807) is 12.1 Å². The van der Waals surface area contributed by atoms with Crippen LogP contribution in [0.1, 0.15) is 21.0 Å². The highest BCUT2D eigenvalue weighted by molar-refractivity contribution is 7.20. The van der Waals surface area contributed by atoms with Crippen molar-refractivity contribution in [2.75, 3.05) is 5.73 Å². The van der Waals surface area contributed by atoms with E-state index in [0.717, 1.165) is 5.56 Å². The maximum absolute atomic E-state index is 12.1. The minimum absolute atomic E-state index is 0.322. The standard InChI is InChI=1S/C13H11N5O2S/c1-7-9-11(14)15-6-16-13(9)21-10(7)12(19)18-17-5-8-3-2-4-20-8/h2-6H,1H3,(H,18,19)(H2,14,15,16)/b17-5-. The first-order valence-corrected chi connectivity index (χ1v) is 6.85. The fourth-order valence-corrected chi connectivity index (χ4v) is 2.93. The van der Waals surface area contributed by atoms with Crippen molar-refractivity contribution in [2.24, 2.45) is 5.10 Å². The Morgan fingerprint density at radius 1 is 1.52 bits per heavy atom. The van der Waals surface area contributed by atoms with Gasteiger partial charge in [0.15, 0.2) is 0 Å². The van der Waals surface area contributed by atoms with E-state index >= 15 is 0 Å². The number of furan rings is 1. The molecule has 0 saturated carbocycles. The first-order valence-electron chi connectivity index (χ1n) is 6.03. The van der Waals surface area contributed by atoms with Gasteiger partial charge >= 0.3 is 0 Å². The summed E-state index contributed by atoms with van der Waals surface area (Å²) in [5, 5.41) is 4.56. The third-order valence-electron chi connectivity index (χ3n) is 2.86. The molecule has 0 fully saturated rings. The molecule has 106 valence electrons. The van der Waals surface area contributed by atoms with Crippen LogP contribution in [0.25, 0.3) is 10.2 Å². The molecule has 0 aliphatic carbocycles. The third kappa shape index (κ3) is 2.48. The summed E-state index contributed by atoms with van der Waals surface area (Å²) in [7, 11) is 0. The predicted molar refractivity (Wildman–Crippen MR) is 80.3 cm³/mol. The van der Waals surface area contributed by atoms with Crippen molar-refractivity contribution < 1.29 is 9.21 Å². The zero-order valence-corrected chi connectivity index (χ0v) is 11.8. The van der Waals surface area contributed by atoms with E-state index in [0.29, 0.717) is 26.7 Å². The Morgan fingerprint density at radius 3 is 3.10 bits per heavy atom. The summed E-state index contributed by atoms with van der Waals surface area (Å²) in [6.45, 7) is 1.81. The number of nitrogens with one attached hydrogen (secondary N) is 1. The highest BCUT2D eigenvalue weighted by Gasteiger charge is 2.17. The van der Waals surface area contributed by atoms with Crippen LogP contribution in [-0.4, -0.2) is 22.1 Å². The number of hydrogen-bond donors (Lipinski definition) is 2. The molecule has 3 rings (SSSR count). The second-order valence-electron chi connectivity index (χ2n) is 4.21. The van der Waals surface area contributed by atoms with Crippen LogP contribution >= 0.6 is 11.3 Å². The maximum atomic E-state index is 12.1. The molecular formula is C13H11N5O2S. The van der Waals surface area contributed by atoms with E-state index in [9.17, 15) is 4.79 Å².